The summed E-state index contributed by atoms with van der Waals surface area (Å²) in [5, 5.41) is 0. The number of hydrogen-bond donors (Lipinski definition) is 2. The SMILES string of the molecule is CCCC1CC(C(=O)N2CCCC2c2ccc3c(c2)OCCO3)NN1. The lowest BCUT2D eigenvalue weighted by atomic mass is 10.0. The van der Waals surface area contributed by atoms with Gasteiger partial charge in [0.15, 0.2) is 11.5 Å². The second kappa shape index (κ2) is 7.22. The summed E-state index contributed by atoms with van der Waals surface area (Å²) in [5.74, 6) is 1.81. The first-order valence-corrected chi connectivity index (χ1v) is 9.47. The zero-order valence-electron chi connectivity index (χ0n) is 14.8. The molecule has 0 bridgehead atoms. The molecule has 4 rings (SSSR count). The van der Waals surface area contributed by atoms with Crippen molar-refractivity contribution in [2.24, 2.45) is 0 Å². The van der Waals surface area contributed by atoms with E-state index in [9.17, 15) is 4.79 Å². The minimum absolute atomic E-state index is 0.116. The number of hydrazine groups is 1. The summed E-state index contributed by atoms with van der Waals surface area (Å²) in [6, 6.07) is 6.51. The fourth-order valence-electron chi connectivity index (χ4n) is 4.17. The molecule has 136 valence electrons. The Bertz CT molecular complexity index is 636. The number of likely N-dealkylation sites (tertiary alicyclic amines) is 1. The third-order valence-corrected chi connectivity index (χ3v) is 5.40. The molecule has 1 aromatic rings. The zero-order chi connectivity index (χ0) is 17.2. The van der Waals surface area contributed by atoms with E-state index in [2.05, 4.69) is 23.8 Å². The van der Waals surface area contributed by atoms with E-state index in [-0.39, 0.29) is 18.0 Å². The van der Waals surface area contributed by atoms with Crippen molar-refractivity contribution in [2.75, 3.05) is 19.8 Å². The van der Waals surface area contributed by atoms with Crippen LogP contribution < -0.4 is 20.3 Å². The van der Waals surface area contributed by atoms with Crippen molar-refractivity contribution in [3.05, 3.63) is 23.8 Å². The fraction of sp³-hybridized carbons (Fsp3) is 0.632. The molecule has 2 saturated heterocycles. The molecule has 3 aliphatic heterocycles. The van der Waals surface area contributed by atoms with Crippen molar-refractivity contribution in [3.8, 4) is 11.5 Å². The Hall–Kier alpha value is -1.79. The Morgan fingerprint density at radius 3 is 2.92 bits per heavy atom. The van der Waals surface area contributed by atoms with E-state index in [0.717, 1.165) is 55.7 Å². The molecule has 0 spiro atoms. The largest absolute Gasteiger partial charge is 0.486 e. The molecular weight excluding hydrogens is 318 g/mol. The third kappa shape index (κ3) is 3.33. The van der Waals surface area contributed by atoms with Gasteiger partial charge >= 0.3 is 0 Å². The highest BCUT2D eigenvalue weighted by molar-refractivity contribution is 5.83. The van der Waals surface area contributed by atoms with E-state index in [4.69, 9.17) is 9.47 Å². The van der Waals surface area contributed by atoms with Gasteiger partial charge in [-0.25, -0.2) is 5.43 Å². The topological polar surface area (TPSA) is 62.8 Å². The monoisotopic (exact) mass is 345 g/mol. The lowest BCUT2D eigenvalue weighted by Crippen LogP contribution is -2.45. The van der Waals surface area contributed by atoms with Crippen molar-refractivity contribution >= 4 is 5.91 Å². The maximum absolute atomic E-state index is 13.0. The molecule has 6 heteroatoms. The second-order valence-corrected chi connectivity index (χ2v) is 7.16. The second-order valence-electron chi connectivity index (χ2n) is 7.16. The van der Waals surface area contributed by atoms with Crippen LogP contribution in [0.1, 0.15) is 50.6 Å². The lowest BCUT2D eigenvalue weighted by Gasteiger charge is -2.28. The summed E-state index contributed by atoms with van der Waals surface area (Å²) in [6.45, 7) is 4.18. The first kappa shape index (κ1) is 16.7. The number of amides is 1. The Morgan fingerprint density at radius 2 is 2.08 bits per heavy atom. The van der Waals surface area contributed by atoms with Gasteiger partial charge in [0.25, 0.3) is 0 Å². The minimum Gasteiger partial charge on any atom is -0.486 e. The number of carbonyl (C=O) groups excluding carboxylic acids is 1. The molecule has 0 saturated carbocycles. The molecule has 3 unspecified atom stereocenters. The molecule has 2 N–H and O–H groups in total. The summed E-state index contributed by atoms with van der Waals surface area (Å²) in [6.07, 6.45) is 5.15. The van der Waals surface area contributed by atoms with Crippen molar-refractivity contribution < 1.29 is 14.3 Å². The van der Waals surface area contributed by atoms with Gasteiger partial charge in [-0.1, -0.05) is 19.4 Å². The molecule has 0 aliphatic carbocycles. The minimum atomic E-state index is -0.116. The third-order valence-electron chi connectivity index (χ3n) is 5.40. The molecule has 6 nitrogen and oxygen atoms in total. The van der Waals surface area contributed by atoms with E-state index in [1.807, 2.05) is 17.0 Å². The van der Waals surface area contributed by atoms with Gasteiger partial charge in [0.05, 0.1) is 6.04 Å². The molecule has 3 atom stereocenters. The predicted molar refractivity (Wildman–Crippen MR) is 94.5 cm³/mol. The Balaban J connectivity index is 1.48. The van der Waals surface area contributed by atoms with Crippen LogP contribution in [0.2, 0.25) is 0 Å². The van der Waals surface area contributed by atoms with Crippen molar-refractivity contribution in [2.45, 2.75) is 57.2 Å². The molecule has 1 aromatic carbocycles. The summed E-state index contributed by atoms with van der Waals surface area (Å²) in [4.78, 5) is 15.1. The van der Waals surface area contributed by atoms with Gasteiger partial charge in [0, 0.05) is 12.6 Å². The van der Waals surface area contributed by atoms with E-state index in [0.29, 0.717) is 19.3 Å². The zero-order valence-corrected chi connectivity index (χ0v) is 14.8. The maximum Gasteiger partial charge on any atom is 0.241 e. The van der Waals surface area contributed by atoms with Gasteiger partial charge in [0.2, 0.25) is 5.91 Å². The molecule has 0 radical (unpaired) electrons. The van der Waals surface area contributed by atoms with Gasteiger partial charge < -0.3 is 14.4 Å². The van der Waals surface area contributed by atoms with E-state index >= 15 is 0 Å². The van der Waals surface area contributed by atoms with Gasteiger partial charge in [-0.15, -0.1) is 0 Å². The molecular formula is C19H27N3O3. The van der Waals surface area contributed by atoms with Crippen LogP contribution in [0.3, 0.4) is 0 Å². The molecule has 1 amide bonds. The normalized spacial score (nSPS) is 28.4. The van der Waals surface area contributed by atoms with Crippen molar-refractivity contribution in [1.82, 2.24) is 15.8 Å². The van der Waals surface area contributed by atoms with Crippen molar-refractivity contribution in [3.63, 3.8) is 0 Å². The summed E-state index contributed by atoms with van der Waals surface area (Å²) in [5.41, 5.74) is 7.62. The molecule has 2 fully saturated rings. The summed E-state index contributed by atoms with van der Waals surface area (Å²) in [7, 11) is 0. The van der Waals surface area contributed by atoms with E-state index in [1.165, 1.54) is 0 Å². The van der Waals surface area contributed by atoms with Crippen LogP contribution in [-0.4, -0.2) is 42.6 Å². The first-order chi connectivity index (χ1) is 12.3. The van der Waals surface area contributed by atoms with E-state index < -0.39 is 0 Å². The molecule has 25 heavy (non-hydrogen) atoms. The summed E-state index contributed by atoms with van der Waals surface area (Å²) < 4.78 is 11.3. The summed E-state index contributed by atoms with van der Waals surface area (Å²) >= 11 is 0. The highest BCUT2D eigenvalue weighted by atomic mass is 16.6. The quantitative estimate of drug-likeness (QED) is 0.876. The van der Waals surface area contributed by atoms with Gasteiger partial charge in [0.1, 0.15) is 19.3 Å². The maximum atomic E-state index is 13.0. The van der Waals surface area contributed by atoms with E-state index in [1.54, 1.807) is 0 Å². The van der Waals surface area contributed by atoms with Crippen LogP contribution in [0.25, 0.3) is 0 Å². The average Bonchev–Trinajstić information content (AvgIpc) is 3.30. The lowest BCUT2D eigenvalue weighted by molar-refractivity contribution is -0.134. The van der Waals surface area contributed by atoms with Crippen molar-refractivity contribution in [1.29, 1.82) is 0 Å². The highest BCUT2D eigenvalue weighted by Crippen LogP contribution is 2.38. The number of fused-ring (bicyclic) bond motifs is 1. The van der Waals surface area contributed by atoms with Gasteiger partial charge in [-0.2, -0.15) is 0 Å². The smallest absolute Gasteiger partial charge is 0.241 e. The van der Waals surface area contributed by atoms with Gasteiger partial charge in [-0.3, -0.25) is 10.2 Å². The van der Waals surface area contributed by atoms with Gasteiger partial charge in [-0.05, 0) is 43.4 Å². The standard InChI is InChI=1S/C19H27N3O3/c1-2-4-14-12-15(21-20-14)19(23)22-8-3-5-16(22)13-6-7-17-18(11-13)25-10-9-24-17/h6-7,11,14-16,20-21H,2-5,8-10,12H2,1H3. The van der Waals surface area contributed by atoms with Crippen LogP contribution in [-0.2, 0) is 4.79 Å². The van der Waals surface area contributed by atoms with Crippen LogP contribution in [0.4, 0.5) is 0 Å². The Labute approximate surface area is 148 Å². The first-order valence-electron chi connectivity index (χ1n) is 9.47. The number of rotatable bonds is 4. The number of nitrogens with zero attached hydrogens (tertiary/aromatic N) is 1. The van der Waals surface area contributed by atoms with Crippen LogP contribution in [0, 0.1) is 0 Å². The number of ether oxygens (including phenoxy) is 2. The highest BCUT2D eigenvalue weighted by Gasteiger charge is 2.37. The average molecular weight is 345 g/mol. The fourth-order valence-corrected chi connectivity index (χ4v) is 4.17. The van der Waals surface area contributed by atoms with Crippen LogP contribution in [0.5, 0.6) is 11.5 Å². The Kier molecular flexibility index (Phi) is 4.81. The van der Waals surface area contributed by atoms with Crippen LogP contribution in [0.15, 0.2) is 18.2 Å². The molecule has 0 aromatic heterocycles. The predicted octanol–water partition coefficient (Wildman–Crippen LogP) is 2.16. The number of nitrogens with one attached hydrogen (secondary N) is 2. The molecule has 3 heterocycles. The van der Waals surface area contributed by atoms with Crippen LogP contribution >= 0.6 is 0 Å². The Morgan fingerprint density at radius 1 is 1.24 bits per heavy atom. The number of hydrogen-bond acceptors (Lipinski definition) is 5. The number of carbonyl (C=O) groups is 1. The molecule has 3 aliphatic rings. The number of benzene rings is 1.